The molecule has 0 heterocycles. The smallest absolute Gasteiger partial charge is 0.256 e. The fourth-order valence-corrected chi connectivity index (χ4v) is 1.67. The Morgan fingerprint density at radius 2 is 2.05 bits per heavy atom. The summed E-state index contributed by atoms with van der Waals surface area (Å²) >= 11 is 0. The summed E-state index contributed by atoms with van der Waals surface area (Å²) in [6.07, 6.45) is 2.17. The lowest BCUT2D eigenvalue weighted by Gasteiger charge is -2.12. The molecule has 0 fully saturated rings. The highest BCUT2D eigenvalue weighted by Crippen LogP contribution is 2.28. The van der Waals surface area contributed by atoms with Crippen LogP contribution >= 0.6 is 0 Å². The minimum atomic E-state index is -0.692. The van der Waals surface area contributed by atoms with Crippen LogP contribution in [-0.4, -0.2) is 22.2 Å². The van der Waals surface area contributed by atoms with Crippen LogP contribution in [0, 0.1) is 22.7 Å². The van der Waals surface area contributed by atoms with E-state index in [1.165, 1.54) is 18.2 Å². The van der Waals surface area contributed by atoms with Crippen molar-refractivity contribution in [1.29, 1.82) is 10.5 Å². The molecule has 6 nitrogen and oxygen atoms in total. The summed E-state index contributed by atoms with van der Waals surface area (Å²) in [6, 6.07) is 7.32. The van der Waals surface area contributed by atoms with Gasteiger partial charge in [0.05, 0.1) is 17.7 Å². The molecule has 0 saturated carbocycles. The molecule has 20 heavy (non-hydrogen) atoms. The van der Waals surface area contributed by atoms with Crippen molar-refractivity contribution >= 4 is 5.91 Å². The summed E-state index contributed by atoms with van der Waals surface area (Å²) in [5.41, 5.74) is -0.0812. The van der Waals surface area contributed by atoms with Crippen LogP contribution in [0.15, 0.2) is 18.2 Å². The zero-order valence-corrected chi connectivity index (χ0v) is 10.8. The van der Waals surface area contributed by atoms with Gasteiger partial charge in [0.25, 0.3) is 5.91 Å². The second-order valence-electron chi connectivity index (χ2n) is 4.23. The molecule has 1 amide bonds. The number of nitrogens with zero attached hydrogens (tertiary/aromatic N) is 2. The molecule has 0 aromatic heterocycles. The third-order valence-electron chi connectivity index (χ3n) is 2.75. The predicted molar refractivity (Wildman–Crippen MR) is 70.7 cm³/mol. The van der Waals surface area contributed by atoms with Crippen LogP contribution in [0.4, 0.5) is 0 Å². The summed E-state index contributed by atoms with van der Waals surface area (Å²) in [4.78, 5) is 11.9. The van der Waals surface area contributed by atoms with Gasteiger partial charge in [-0.25, -0.2) is 0 Å². The standard InChI is InChI=1S/C14H15N3O3/c15-8-3-1-2-5-10(9-16)17-14(20)11-6-4-7-12(18)13(11)19/h4,6-7,10,18-19H,1-3,5H2,(H,17,20). The summed E-state index contributed by atoms with van der Waals surface area (Å²) in [6.45, 7) is 0. The van der Waals surface area contributed by atoms with Crippen molar-refractivity contribution < 1.29 is 15.0 Å². The lowest BCUT2D eigenvalue weighted by molar-refractivity contribution is 0.0940. The van der Waals surface area contributed by atoms with E-state index in [9.17, 15) is 15.0 Å². The van der Waals surface area contributed by atoms with E-state index < -0.39 is 17.7 Å². The van der Waals surface area contributed by atoms with Crippen LogP contribution in [-0.2, 0) is 0 Å². The van der Waals surface area contributed by atoms with Crippen molar-refractivity contribution in [2.45, 2.75) is 31.7 Å². The number of phenols is 2. The van der Waals surface area contributed by atoms with E-state index in [0.29, 0.717) is 25.7 Å². The van der Waals surface area contributed by atoms with E-state index in [2.05, 4.69) is 5.32 Å². The van der Waals surface area contributed by atoms with E-state index in [1.54, 1.807) is 0 Å². The number of nitrogens with one attached hydrogen (secondary N) is 1. The van der Waals surface area contributed by atoms with Crippen LogP contribution in [0.1, 0.15) is 36.0 Å². The highest BCUT2D eigenvalue weighted by Gasteiger charge is 2.17. The van der Waals surface area contributed by atoms with Gasteiger partial charge in [-0.3, -0.25) is 4.79 Å². The van der Waals surface area contributed by atoms with E-state index in [-0.39, 0.29) is 11.3 Å². The number of hydrogen-bond donors (Lipinski definition) is 3. The fourth-order valence-electron chi connectivity index (χ4n) is 1.67. The first-order chi connectivity index (χ1) is 9.60. The number of para-hydroxylation sites is 1. The molecular formula is C14H15N3O3. The van der Waals surface area contributed by atoms with Gasteiger partial charge in [0.15, 0.2) is 11.5 Å². The van der Waals surface area contributed by atoms with E-state index in [0.717, 1.165) is 0 Å². The van der Waals surface area contributed by atoms with Crippen molar-refractivity contribution in [1.82, 2.24) is 5.32 Å². The normalized spacial score (nSPS) is 11.1. The first kappa shape index (κ1) is 15.3. The summed E-state index contributed by atoms with van der Waals surface area (Å²) in [5, 5.41) is 38.7. The molecule has 0 spiro atoms. The van der Waals surface area contributed by atoms with Crippen molar-refractivity contribution in [2.24, 2.45) is 0 Å². The molecule has 6 heteroatoms. The second-order valence-corrected chi connectivity index (χ2v) is 4.23. The second kappa shape index (κ2) is 7.65. The van der Waals surface area contributed by atoms with Gasteiger partial charge in [0.1, 0.15) is 6.04 Å². The number of hydrogen-bond acceptors (Lipinski definition) is 5. The molecule has 0 aliphatic heterocycles. The van der Waals surface area contributed by atoms with Crippen LogP contribution in [0.3, 0.4) is 0 Å². The molecule has 0 aliphatic carbocycles. The largest absolute Gasteiger partial charge is 0.504 e. The number of unbranched alkanes of at least 4 members (excludes halogenated alkanes) is 2. The van der Waals surface area contributed by atoms with Gasteiger partial charge in [0.2, 0.25) is 0 Å². The molecule has 0 aliphatic rings. The number of aromatic hydroxyl groups is 2. The van der Waals surface area contributed by atoms with Gasteiger partial charge in [-0.05, 0) is 31.4 Å². The number of nitriles is 2. The molecule has 3 N–H and O–H groups in total. The van der Waals surface area contributed by atoms with Gasteiger partial charge in [-0.2, -0.15) is 10.5 Å². The fraction of sp³-hybridized carbons (Fsp3) is 0.357. The highest BCUT2D eigenvalue weighted by molar-refractivity contribution is 5.97. The number of rotatable bonds is 6. The molecule has 1 rings (SSSR count). The van der Waals surface area contributed by atoms with Crippen molar-refractivity contribution in [3.05, 3.63) is 23.8 Å². The Balaban J connectivity index is 2.62. The molecule has 1 unspecified atom stereocenters. The number of phenolic OH excluding ortho intramolecular Hbond substituents is 2. The third kappa shape index (κ3) is 4.18. The van der Waals surface area contributed by atoms with Crippen LogP contribution in [0.2, 0.25) is 0 Å². The zero-order valence-electron chi connectivity index (χ0n) is 10.8. The average Bonchev–Trinajstić information content (AvgIpc) is 2.45. The van der Waals surface area contributed by atoms with E-state index in [4.69, 9.17) is 10.5 Å². The maximum atomic E-state index is 11.9. The molecule has 1 atom stereocenters. The van der Waals surface area contributed by atoms with Gasteiger partial charge in [0, 0.05) is 6.42 Å². The molecule has 104 valence electrons. The number of benzene rings is 1. The third-order valence-corrected chi connectivity index (χ3v) is 2.75. The van der Waals surface area contributed by atoms with Gasteiger partial charge >= 0.3 is 0 Å². The van der Waals surface area contributed by atoms with Gasteiger partial charge < -0.3 is 15.5 Å². The Labute approximate surface area is 116 Å². The summed E-state index contributed by atoms with van der Waals surface area (Å²) in [7, 11) is 0. The van der Waals surface area contributed by atoms with E-state index >= 15 is 0 Å². The van der Waals surface area contributed by atoms with Crippen molar-refractivity contribution in [3.63, 3.8) is 0 Å². The molecule has 1 aromatic carbocycles. The molecule has 1 aromatic rings. The zero-order chi connectivity index (χ0) is 15.0. The van der Waals surface area contributed by atoms with Crippen LogP contribution in [0.25, 0.3) is 0 Å². The summed E-state index contributed by atoms with van der Waals surface area (Å²) in [5.74, 6) is -1.52. The van der Waals surface area contributed by atoms with Gasteiger partial charge in [-0.15, -0.1) is 0 Å². The minimum Gasteiger partial charge on any atom is -0.504 e. The van der Waals surface area contributed by atoms with Crippen LogP contribution in [0.5, 0.6) is 11.5 Å². The SMILES string of the molecule is N#CCCCCC(C#N)NC(=O)c1cccc(O)c1O. The molecular weight excluding hydrogens is 258 g/mol. The highest BCUT2D eigenvalue weighted by atomic mass is 16.3. The number of carbonyl (C=O) groups excluding carboxylic acids is 1. The lowest BCUT2D eigenvalue weighted by atomic mass is 10.1. The van der Waals surface area contributed by atoms with Gasteiger partial charge in [-0.1, -0.05) is 6.07 Å². The Bertz CT molecular complexity index is 558. The Hall–Kier alpha value is -2.73. The number of carbonyl (C=O) groups is 1. The topological polar surface area (TPSA) is 117 Å². The predicted octanol–water partition coefficient (Wildman–Crippen LogP) is 1.80. The maximum absolute atomic E-state index is 11.9. The Kier molecular flexibility index (Phi) is 5.86. The van der Waals surface area contributed by atoms with Crippen LogP contribution < -0.4 is 5.32 Å². The van der Waals surface area contributed by atoms with E-state index in [1.807, 2.05) is 12.1 Å². The minimum absolute atomic E-state index is 0.0812. The summed E-state index contributed by atoms with van der Waals surface area (Å²) < 4.78 is 0. The first-order valence-electron chi connectivity index (χ1n) is 6.18. The monoisotopic (exact) mass is 273 g/mol. The molecule has 0 bridgehead atoms. The Morgan fingerprint density at radius 3 is 2.70 bits per heavy atom. The molecule has 0 radical (unpaired) electrons. The Morgan fingerprint density at radius 1 is 1.30 bits per heavy atom. The van der Waals surface area contributed by atoms with Crippen molar-refractivity contribution in [3.8, 4) is 23.6 Å². The number of amides is 1. The lowest BCUT2D eigenvalue weighted by Crippen LogP contribution is -2.33. The average molecular weight is 273 g/mol. The quantitative estimate of drug-likeness (QED) is 0.539. The van der Waals surface area contributed by atoms with Crippen molar-refractivity contribution in [2.75, 3.05) is 0 Å². The first-order valence-corrected chi connectivity index (χ1v) is 6.18. The maximum Gasteiger partial charge on any atom is 0.256 e. The molecule has 0 saturated heterocycles.